The molecule has 0 aliphatic carbocycles. The van der Waals surface area contributed by atoms with Crippen LogP contribution in [0.2, 0.25) is 5.15 Å². The molecule has 1 saturated heterocycles. The van der Waals surface area contributed by atoms with E-state index < -0.39 is 23.0 Å². The highest BCUT2D eigenvalue weighted by Gasteiger charge is 2.45. The summed E-state index contributed by atoms with van der Waals surface area (Å²) in [6.07, 6.45) is 0.384. The van der Waals surface area contributed by atoms with E-state index >= 15 is 0 Å². The summed E-state index contributed by atoms with van der Waals surface area (Å²) in [6, 6.07) is 1.37. The van der Waals surface area contributed by atoms with Crippen LogP contribution in [0.1, 0.15) is 37.6 Å². The Labute approximate surface area is 151 Å². The van der Waals surface area contributed by atoms with Gasteiger partial charge in [0.25, 0.3) is 0 Å². The quantitative estimate of drug-likeness (QED) is 0.776. The molecule has 1 aromatic rings. The van der Waals surface area contributed by atoms with E-state index in [9.17, 15) is 14.7 Å². The highest BCUT2D eigenvalue weighted by atomic mass is 35.5. The highest BCUT2D eigenvalue weighted by molar-refractivity contribution is 6.29. The molecule has 1 atom stereocenters. The average molecular weight is 372 g/mol. The number of aliphatic hydroxyl groups is 1. The number of cyclic esters (lactones) is 1. The van der Waals surface area contributed by atoms with Gasteiger partial charge in [0.1, 0.15) is 16.6 Å². The Hall–Kier alpha value is -1.93. The van der Waals surface area contributed by atoms with E-state index in [2.05, 4.69) is 10.2 Å². The minimum atomic E-state index is -1.05. The topological polar surface area (TPSA) is 102 Å². The maximum absolute atomic E-state index is 12.5. The summed E-state index contributed by atoms with van der Waals surface area (Å²) in [5.41, 5.74) is -1.61. The number of aromatic nitrogens is 2. The van der Waals surface area contributed by atoms with Gasteiger partial charge in [-0.1, -0.05) is 11.6 Å². The molecule has 9 heteroatoms. The van der Waals surface area contributed by atoms with Gasteiger partial charge in [0, 0.05) is 20.0 Å². The zero-order valence-electron chi connectivity index (χ0n) is 14.7. The predicted octanol–water partition coefficient (Wildman–Crippen LogP) is 1.45. The molecule has 0 saturated carbocycles. The van der Waals surface area contributed by atoms with Crippen LogP contribution in [0.25, 0.3) is 0 Å². The number of carbonyl (C=O) groups excluding carboxylic acids is 2. The van der Waals surface area contributed by atoms with Crippen molar-refractivity contribution in [2.75, 3.05) is 31.7 Å². The Balaban J connectivity index is 2.32. The van der Waals surface area contributed by atoms with E-state index in [0.29, 0.717) is 6.42 Å². The second-order valence-corrected chi connectivity index (χ2v) is 7.47. The summed E-state index contributed by atoms with van der Waals surface area (Å²) < 4.78 is 10.4. The summed E-state index contributed by atoms with van der Waals surface area (Å²) >= 11 is 5.87. The first kappa shape index (κ1) is 19.4. The molecule has 138 valence electrons. The second kappa shape index (κ2) is 7.13. The maximum Gasteiger partial charge on any atom is 0.342 e. The Bertz CT molecular complexity index is 676. The highest BCUT2D eigenvalue weighted by Crippen LogP contribution is 2.32. The third kappa shape index (κ3) is 4.38. The van der Waals surface area contributed by atoms with E-state index in [1.807, 2.05) is 0 Å². The molecule has 1 fully saturated rings. The SMILES string of the molecule is CN(CC1(CO)CCOC1=O)c1nnc(Cl)cc1C(=O)OC(C)(C)C. The van der Waals surface area contributed by atoms with Crippen LogP contribution in [0.15, 0.2) is 6.07 Å². The summed E-state index contributed by atoms with van der Waals surface area (Å²) in [5.74, 6) is -0.855. The van der Waals surface area contributed by atoms with Crippen molar-refractivity contribution in [3.63, 3.8) is 0 Å². The van der Waals surface area contributed by atoms with E-state index in [-0.39, 0.29) is 36.3 Å². The van der Waals surface area contributed by atoms with Crippen molar-refractivity contribution < 1.29 is 24.2 Å². The van der Waals surface area contributed by atoms with Gasteiger partial charge in [0.15, 0.2) is 11.0 Å². The van der Waals surface area contributed by atoms with E-state index in [0.717, 1.165) is 0 Å². The number of hydrogen-bond donors (Lipinski definition) is 1. The van der Waals surface area contributed by atoms with Gasteiger partial charge in [0.05, 0.1) is 13.2 Å². The molecular weight excluding hydrogens is 350 g/mol. The summed E-state index contributed by atoms with van der Waals surface area (Å²) in [7, 11) is 1.65. The zero-order chi connectivity index (χ0) is 18.8. The minimum absolute atomic E-state index is 0.0511. The molecule has 0 amide bonds. The molecule has 25 heavy (non-hydrogen) atoms. The Morgan fingerprint density at radius 3 is 2.68 bits per heavy atom. The van der Waals surface area contributed by atoms with Crippen LogP contribution >= 0.6 is 11.6 Å². The average Bonchev–Trinajstić information content (AvgIpc) is 2.86. The first-order valence-corrected chi connectivity index (χ1v) is 8.21. The summed E-state index contributed by atoms with van der Waals surface area (Å²) in [5, 5.41) is 17.5. The van der Waals surface area contributed by atoms with Gasteiger partial charge in [-0.3, -0.25) is 4.79 Å². The van der Waals surface area contributed by atoms with Gasteiger partial charge >= 0.3 is 11.9 Å². The number of halogens is 1. The molecular formula is C16H22ClN3O5. The van der Waals surface area contributed by atoms with Crippen LogP contribution in [-0.4, -0.2) is 59.6 Å². The molecule has 1 N–H and O–H groups in total. The Morgan fingerprint density at radius 1 is 1.48 bits per heavy atom. The van der Waals surface area contributed by atoms with Crippen LogP contribution in [0.3, 0.4) is 0 Å². The lowest BCUT2D eigenvalue weighted by Gasteiger charge is -2.29. The maximum atomic E-state index is 12.5. The standard InChI is InChI=1S/C16H22ClN3O5/c1-15(2,3)25-13(22)10-7-11(17)18-19-12(10)20(4)8-16(9-21)5-6-24-14(16)23/h7,21H,5-6,8-9H2,1-4H3. The number of ether oxygens (including phenoxy) is 2. The van der Waals surface area contributed by atoms with Crippen LogP contribution in [0.4, 0.5) is 5.82 Å². The third-order valence-corrected chi connectivity index (χ3v) is 4.00. The fourth-order valence-corrected chi connectivity index (χ4v) is 2.73. The van der Waals surface area contributed by atoms with Crippen molar-refractivity contribution >= 4 is 29.4 Å². The fourth-order valence-electron chi connectivity index (χ4n) is 2.59. The van der Waals surface area contributed by atoms with Gasteiger partial charge in [-0.05, 0) is 26.8 Å². The number of carbonyl (C=O) groups is 2. The first-order valence-electron chi connectivity index (χ1n) is 7.84. The molecule has 1 aliphatic heterocycles. The normalized spacial score (nSPS) is 20.3. The molecule has 0 spiro atoms. The van der Waals surface area contributed by atoms with Gasteiger partial charge in [-0.25, -0.2) is 4.79 Å². The van der Waals surface area contributed by atoms with Crippen molar-refractivity contribution in [1.82, 2.24) is 10.2 Å². The van der Waals surface area contributed by atoms with Crippen molar-refractivity contribution in [2.24, 2.45) is 5.41 Å². The van der Waals surface area contributed by atoms with Gasteiger partial charge in [-0.15, -0.1) is 10.2 Å². The molecule has 1 aromatic heterocycles. The Morgan fingerprint density at radius 2 is 2.16 bits per heavy atom. The van der Waals surface area contributed by atoms with Crippen LogP contribution in [0.5, 0.6) is 0 Å². The molecule has 1 unspecified atom stereocenters. The first-order chi connectivity index (χ1) is 11.6. The molecule has 0 bridgehead atoms. The lowest BCUT2D eigenvalue weighted by molar-refractivity contribution is -0.147. The molecule has 2 rings (SSSR count). The van der Waals surface area contributed by atoms with Crippen LogP contribution < -0.4 is 4.90 Å². The van der Waals surface area contributed by atoms with Gasteiger partial charge < -0.3 is 19.5 Å². The number of rotatable bonds is 5. The minimum Gasteiger partial charge on any atom is -0.465 e. The number of nitrogens with zero attached hydrogens (tertiary/aromatic N) is 3. The van der Waals surface area contributed by atoms with Crippen molar-refractivity contribution in [1.29, 1.82) is 0 Å². The number of esters is 2. The summed E-state index contributed by atoms with van der Waals surface area (Å²) in [6.45, 7) is 5.26. The monoisotopic (exact) mass is 371 g/mol. The lowest BCUT2D eigenvalue weighted by atomic mass is 9.87. The van der Waals surface area contributed by atoms with Crippen molar-refractivity contribution in [3.05, 3.63) is 16.8 Å². The fraction of sp³-hybridized carbons (Fsp3) is 0.625. The predicted molar refractivity (Wildman–Crippen MR) is 90.6 cm³/mol. The van der Waals surface area contributed by atoms with E-state index in [1.54, 1.807) is 32.7 Å². The summed E-state index contributed by atoms with van der Waals surface area (Å²) in [4.78, 5) is 26.0. The number of aliphatic hydroxyl groups excluding tert-OH is 1. The second-order valence-electron chi connectivity index (χ2n) is 7.09. The largest absolute Gasteiger partial charge is 0.465 e. The molecule has 0 aromatic carbocycles. The van der Waals surface area contributed by atoms with Gasteiger partial charge in [-0.2, -0.15) is 0 Å². The molecule has 8 nitrogen and oxygen atoms in total. The molecule has 2 heterocycles. The molecule has 1 aliphatic rings. The van der Waals surface area contributed by atoms with E-state index in [1.165, 1.54) is 6.07 Å². The number of anilines is 1. The van der Waals surface area contributed by atoms with Crippen LogP contribution in [-0.2, 0) is 14.3 Å². The van der Waals surface area contributed by atoms with Crippen molar-refractivity contribution in [3.8, 4) is 0 Å². The van der Waals surface area contributed by atoms with E-state index in [4.69, 9.17) is 21.1 Å². The number of hydrogen-bond acceptors (Lipinski definition) is 8. The van der Waals surface area contributed by atoms with Gasteiger partial charge in [0.2, 0.25) is 0 Å². The van der Waals surface area contributed by atoms with Crippen molar-refractivity contribution in [2.45, 2.75) is 32.8 Å². The Kier molecular flexibility index (Phi) is 5.53. The smallest absolute Gasteiger partial charge is 0.342 e. The lowest BCUT2D eigenvalue weighted by Crippen LogP contribution is -2.43. The van der Waals surface area contributed by atoms with Crippen LogP contribution in [0, 0.1) is 5.41 Å². The third-order valence-electron chi connectivity index (χ3n) is 3.81. The zero-order valence-corrected chi connectivity index (χ0v) is 15.5. The molecule has 0 radical (unpaired) electrons.